The highest BCUT2D eigenvalue weighted by Crippen LogP contribution is 2.21. The number of nitrogens with one attached hydrogen (secondary N) is 1. The number of aromatic nitrogens is 2. The first-order valence-electron chi connectivity index (χ1n) is 6.54. The average Bonchev–Trinajstić information content (AvgIpc) is 2.87. The molecule has 2 aromatic rings. The highest BCUT2D eigenvalue weighted by atomic mass is 35.5. The Bertz CT molecular complexity index is 655. The van der Waals surface area contributed by atoms with E-state index in [0.717, 1.165) is 35.5 Å². The van der Waals surface area contributed by atoms with E-state index in [-0.39, 0.29) is 6.42 Å². The van der Waals surface area contributed by atoms with E-state index in [1.165, 1.54) is 0 Å². The van der Waals surface area contributed by atoms with Gasteiger partial charge in [0, 0.05) is 24.1 Å². The third kappa shape index (κ3) is 4.65. The van der Waals surface area contributed by atoms with Crippen molar-refractivity contribution in [2.24, 2.45) is 0 Å². The van der Waals surface area contributed by atoms with Gasteiger partial charge in [-0.05, 0) is 29.0 Å². The van der Waals surface area contributed by atoms with E-state index in [0.29, 0.717) is 11.4 Å². The molecule has 1 aromatic carbocycles. The summed E-state index contributed by atoms with van der Waals surface area (Å²) in [6.45, 7) is 0. The van der Waals surface area contributed by atoms with Gasteiger partial charge in [-0.1, -0.05) is 36.0 Å². The molecule has 21 heavy (non-hydrogen) atoms. The number of thiocarbonyl (C=S) groups is 1. The topological polar surface area (TPSA) is 66.0 Å². The number of benzene rings is 1. The maximum Gasteiger partial charge on any atom is 0.307 e. The number of aryl methyl sites for hydroxylation is 1. The molecule has 0 unspecified atom stereocenters. The van der Waals surface area contributed by atoms with Crippen LogP contribution in [-0.2, 0) is 24.1 Å². The Balaban J connectivity index is 2.12. The molecule has 0 aliphatic carbocycles. The summed E-state index contributed by atoms with van der Waals surface area (Å²) in [4.78, 5) is 18.4. The first-order chi connectivity index (χ1) is 10.1. The minimum absolute atomic E-state index is 0.00927. The number of H-pyrrole nitrogens is 1. The molecule has 2 rings (SSSR count). The first-order valence-corrected chi connectivity index (χ1v) is 7.39. The summed E-state index contributed by atoms with van der Waals surface area (Å²) in [5.41, 5.74) is 2.49. The van der Waals surface area contributed by atoms with Crippen LogP contribution in [0, 0.1) is 0 Å². The van der Waals surface area contributed by atoms with Crippen molar-refractivity contribution >= 4 is 35.2 Å². The number of hydrogen-bond donors (Lipinski definition) is 2. The Morgan fingerprint density at radius 2 is 2.29 bits per heavy atom. The molecule has 1 heterocycles. The van der Waals surface area contributed by atoms with Crippen LogP contribution in [0.25, 0.3) is 0 Å². The zero-order valence-corrected chi connectivity index (χ0v) is 12.9. The van der Waals surface area contributed by atoms with Crippen LogP contribution in [0.5, 0.6) is 0 Å². The molecular formula is C15H15ClN2O2S. The lowest BCUT2D eigenvalue weighted by Gasteiger charge is -2.05. The summed E-state index contributed by atoms with van der Waals surface area (Å²) in [7, 11) is 0. The van der Waals surface area contributed by atoms with Gasteiger partial charge in [0.15, 0.2) is 0 Å². The van der Waals surface area contributed by atoms with Gasteiger partial charge in [0.2, 0.25) is 0 Å². The highest BCUT2D eigenvalue weighted by molar-refractivity contribution is 7.78. The molecule has 0 saturated heterocycles. The van der Waals surface area contributed by atoms with Gasteiger partial charge in [-0.2, -0.15) is 0 Å². The maximum atomic E-state index is 10.8. The zero-order valence-electron chi connectivity index (χ0n) is 11.3. The van der Waals surface area contributed by atoms with Crippen LogP contribution < -0.4 is 0 Å². The normalized spacial score (nSPS) is 10.5. The van der Waals surface area contributed by atoms with Crippen molar-refractivity contribution in [2.75, 3.05) is 0 Å². The van der Waals surface area contributed by atoms with Crippen LogP contribution in [0.15, 0.2) is 24.4 Å². The van der Waals surface area contributed by atoms with E-state index >= 15 is 0 Å². The molecule has 0 saturated carbocycles. The Hall–Kier alpha value is -1.72. The molecule has 110 valence electrons. The van der Waals surface area contributed by atoms with Crippen LogP contribution in [0.4, 0.5) is 0 Å². The number of carbonyl (C=O) groups is 1. The second-order valence-corrected chi connectivity index (χ2v) is 5.46. The third-order valence-electron chi connectivity index (χ3n) is 3.02. The number of nitrogens with zero attached hydrogens (tertiary/aromatic N) is 1. The molecule has 0 fully saturated rings. The summed E-state index contributed by atoms with van der Waals surface area (Å²) in [6, 6.07) is 5.28. The first kappa shape index (κ1) is 15.7. The number of carboxylic acid groups (broad SMARTS) is 1. The van der Waals surface area contributed by atoms with Crippen molar-refractivity contribution in [1.82, 2.24) is 9.97 Å². The lowest BCUT2D eigenvalue weighted by Crippen LogP contribution is -2.01. The number of halogens is 1. The van der Waals surface area contributed by atoms with Crippen molar-refractivity contribution in [3.8, 4) is 0 Å². The second kappa shape index (κ2) is 7.33. The Morgan fingerprint density at radius 1 is 1.48 bits per heavy atom. The van der Waals surface area contributed by atoms with E-state index in [2.05, 4.69) is 9.97 Å². The zero-order chi connectivity index (χ0) is 15.2. The molecule has 0 aliphatic heterocycles. The standard InChI is InChI=1S/C15H15ClN2O2S/c16-13-4-3-10(7-15(19)20)6-11(13)8-12-9-17-14(18-12)2-1-5-21/h3-6,9H,1-2,7-8H2,(H,17,18)(H,19,20). The summed E-state index contributed by atoms with van der Waals surface area (Å²) < 4.78 is 0. The Labute approximate surface area is 133 Å². The van der Waals surface area contributed by atoms with Crippen molar-refractivity contribution in [3.05, 3.63) is 52.1 Å². The molecule has 0 atom stereocenters. The maximum absolute atomic E-state index is 10.8. The summed E-state index contributed by atoms with van der Waals surface area (Å²) >= 11 is 11.0. The van der Waals surface area contributed by atoms with Crippen LogP contribution in [0.3, 0.4) is 0 Å². The monoisotopic (exact) mass is 322 g/mol. The van der Waals surface area contributed by atoms with Crippen molar-refractivity contribution in [2.45, 2.75) is 25.7 Å². The molecule has 2 N–H and O–H groups in total. The number of hydrogen-bond acceptors (Lipinski definition) is 3. The van der Waals surface area contributed by atoms with Gasteiger partial charge in [0.1, 0.15) is 5.82 Å². The van der Waals surface area contributed by atoms with E-state index in [1.54, 1.807) is 17.5 Å². The third-order valence-corrected chi connectivity index (χ3v) is 3.62. The highest BCUT2D eigenvalue weighted by Gasteiger charge is 2.08. The molecular weight excluding hydrogens is 308 g/mol. The predicted molar refractivity (Wildman–Crippen MR) is 86.2 cm³/mol. The molecule has 1 aromatic heterocycles. The molecule has 6 heteroatoms. The molecule has 4 nitrogen and oxygen atoms in total. The number of aliphatic carboxylic acids is 1. The molecule has 0 spiro atoms. The van der Waals surface area contributed by atoms with Crippen molar-refractivity contribution in [1.29, 1.82) is 0 Å². The van der Waals surface area contributed by atoms with Crippen molar-refractivity contribution in [3.63, 3.8) is 0 Å². The average molecular weight is 323 g/mol. The van der Waals surface area contributed by atoms with E-state index in [4.69, 9.17) is 28.9 Å². The second-order valence-electron chi connectivity index (χ2n) is 4.72. The summed E-state index contributed by atoms with van der Waals surface area (Å²) in [5.74, 6) is 0.0365. The van der Waals surface area contributed by atoms with Crippen LogP contribution >= 0.6 is 23.8 Å². The minimum atomic E-state index is -0.856. The number of aromatic amines is 1. The van der Waals surface area contributed by atoms with Gasteiger partial charge in [0.05, 0.1) is 12.1 Å². The Morgan fingerprint density at radius 3 is 3.00 bits per heavy atom. The van der Waals surface area contributed by atoms with Gasteiger partial charge < -0.3 is 10.1 Å². The number of imidazole rings is 1. The quantitative estimate of drug-likeness (QED) is 0.768. The van der Waals surface area contributed by atoms with E-state index in [1.807, 2.05) is 12.3 Å². The van der Waals surface area contributed by atoms with Crippen LogP contribution in [0.1, 0.15) is 29.1 Å². The van der Waals surface area contributed by atoms with E-state index in [9.17, 15) is 4.79 Å². The molecule has 0 radical (unpaired) electrons. The fourth-order valence-corrected chi connectivity index (χ4v) is 2.36. The fraction of sp³-hybridized carbons (Fsp3) is 0.267. The van der Waals surface area contributed by atoms with Crippen LogP contribution in [-0.4, -0.2) is 26.4 Å². The van der Waals surface area contributed by atoms with Gasteiger partial charge >= 0.3 is 5.97 Å². The van der Waals surface area contributed by atoms with Gasteiger partial charge in [-0.15, -0.1) is 0 Å². The lowest BCUT2D eigenvalue weighted by atomic mass is 10.0. The van der Waals surface area contributed by atoms with Crippen molar-refractivity contribution < 1.29 is 9.90 Å². The van der Waals surface area contributed by atoms with E-state index < -0.39 is 5.97 Å². The smallest absolute Gasteiger partial charge is 0.307 e. The molecule has 0 bridgehead atoms. The van der Waals surface area contributed by atoms with Gasteiger partial charge in [-0.25, -0.2) is 4.98 Å². The van der Waals surface area contributed by atoms with Gasteiger partial charge in [0.25, 0.3) is 0 Å². The SMILES string of the molecule is O=C(O)Cc1ccc(Cl)c(Cc2c[nH]c(CCC=S)n2)c1. The summed E-state index contributed by atoms with van der Waals surface area (Å²) in [5, 5.41) is 11.1. The molecule has 0 amide bonds. The van der Waals surface area contributed by atoms with Gasteiger partial charge in [-0.3, -0.25) is 4.79 Å². The fourth-order valence-electron chi connectivity index (χ4n) is 2.06. The number of carboxylic acids is 1. The largest absolute Gasteiger partial charge is 0.481 e. The molecule has 0 aliphatic rings. The number of rotatable bonds is 7. The lowest BCUT2D eigenvalue weighted by molar-refractivity contribution is -0.136. The summed E-state index contributed by atoms with van der Waals surface area (Å²) in [6.07, 6.45) is 4.00. The van der Waals surface area contributed by atoms with Crippen LogP contribution in [0.2, 0.25) is 5.02 Å². The predicted octanol–water partition coefficient (Wildman–Crippen LogP) is 3.21. The Kier molecular flexibility index (Phi) is 5.47. The minimum Gasteiger partial charge on any atom is -0.481 e.